The van der Waals surface area contributed by atoms with E-state index >= 15 is 0 Å². The van der Waals surface area contributed by atoms with E-state index in [1.807, 2.05) is 30.3 Å². The monoisotopic (exact) mass is 229 g/mol. The summed E-state index contributed by atoms with van der Waals surface area (Å²) in [6.07, 6.45) is 1.51. The van der Waals surface area contributed by atoms with Crippen molar-refractivity contribution in [3.8, 4) is 17.1 Å². The van der Waals surface area contributed by atoms with Crippen LogP contribution in [0.2, 0.25) is 0 Å². The standard InChI is InChI=1S/C13H15N3O/c1-3-14-11-7-5-4-6-10(11)12-8-13(17-2)16-9-15-12/h4-9,14H,3H2,1-2H3. The van der Waals surface area contributed by atoms with Crippen molar-refractivity contribution in [3.63, 3.8) is 0 Å². The van der Waals surface area contributed by atoms with Crippen LogP contribution in [0.3, 0.4) is 0 Å². The Morgan fingerprint density at radius 2 is 2.06 bits per heavy atom. The number of rotatable bonds is 4. The van der Waals surface area contributed by atoms with Crippen LogP contribution in [-0.4, -0.2) is 23.6 Å². The van der Waals surface area contributed by atoms with Crippen LogP contribution in [0.25, 0.3) is 11.3 Å². The predicted molar refractivity (Wildman–Crippen MR) is 68.2 cm³/mol. The third kappa shape index (κ3) is 2.53. The summed E-state index contributed by atoms with van der Waals surface area (Å²) in [5.41, 5.74) is 2.97. The van der Waals surface area contributed by atoms with Crippen molar-refractivity contribution in [2.75, 3.05) is 19.0 Å². The van der Waals surface area contributed by atoms with E-state index in [4.69, 9.17) is 4.74 Å². The maximum atomic E-state index is 5.10. The number of hydrogen-bond donors (Lipinski definition) is 1. The zero-order valence-electron chi connectivity index (χ0n) is 9.97. The van der Waals surface area contributed by atoms with Gasteiger partial charge in [-0.05, 0) is 13.0 Å². The second-order valence-corrected chi connectivity index (χ2v) is 3.52. The molecule has 17 heavy (non-hydrogen) atoms. The molecule has 0 aliphatic heterocycles. The highest BCUT2D eigenvalue weighted by Crippen LogP contribution is 2.27. The summed E-state index contributed by atoms with van der Waals surface area (Å²) in [5.74, 6) is 0.571. The first-order chi connectivity index (χ1) is 8.35. The van der Waals surface area contributed by atoms with Crippen molar-refractivity contribution < 1.29 is 4.74 Å². The smallest absolute Gasteiger partial charge is 0.216 e. The Bertz CT molecular complexity index is 500. The Balaban J connectivity index is 2.44. The molecule has 1 N–H and O–H groups in total. The zero-order valence-corrected chi connectivity index (χ0v) is 9.97. The number of ether oxygens (including phenoxy) is 1. The normalized spacial score (nSPS) is 10.0. The molecule has 0 aliphatic rings. The molecular formula is C13H15N3O. The van der Waals surface area contributed by atoms with Crippen molar-refractivity contribution in [1.29, 1.82) is 0 Å². The fraction of sp³-hybridized carbons (Fsp3) is 0.231. The Kier molecular flexibility index (Phi) is 3.55. The van der Waals surface area contributed by atoms with Gasteiger partial charge in [-0.1, -0.05) is 18.2 Å². The number of aromatic nitrogens is 2. The van der Waals surface area contributed by atoms with E-state index in [1.54, 1.807) is 7.11 Å². The molecule has 2 aromatic rings. The maximum Gasteiger partial charge on any atom is 0.216 e. The molecule has 1 heterocycles. The van der Waals surface area contributed by atoms with Gasteiger partial charge in [-0.25, -0.2) is 9.97 Å². The van der Waals surface area contributed by atoms with E-state index in [1.165, 1.54) is 6.33 Å². The van der Waals surface area contributed by atoms with Crippen LogP contribution in [0.4, 0.5) is 5.69 Å². The first-order valence-electron chi connectivity index (χ1n) is 5.54. The second kappa shape index (κ2) is 5.30. The molecular weight excluding hydrogens is 214 g/mol. The Hall–Kier alpha value is -2.10. The Morgan fingerprint density at radius 1 is 1.24 bits per heavy atom. The lowest BCUT2D eigenvalue weighted by molar-refractivity contribution is 0.397. The topological polar surface area (TPSA) is 47.0 Å². The third-order valence-corrected chi connectivity index (χ3v) is 2.42. The summed E-state index contributed by atoms with van der Waals surface area (Å²) in [5, 5.41) is 3.31. The van der Waals surface area contributed by atoms with Gasteiger partial charge in [0.05, 0.1) is 12.8 Å². The lowest BCUT2D eigenvalue weighted by atomic mass is 10.1. The van der Waals surface area contributed by atoms with Gasteiger partial charge in [0.1, 0.15) is 6.33 Å². The van der Waals surface area contributed by atoms with Gasteiger partial charge in [0, 0.05) is 23.9 Å². The molecule has 4 nitrogen and oxygen atoms in total. The van der Waals surface area contributed by atoms with E-state index in [-0.39, 0.29) is 0 Å². The molecule has 4 heteroatoms. The predicted octanol–water partition coefficient (Wildman–Crippen LogP) is 2.58. The van der Waals surface area contributed by atoms with Gasteiger partial charge in [0.2, 0.25) is 5.88 Å². The number of nitrogens with zero attached hydrogens (tertiary/aromatic N) is 2. The molecule has 0 amide bonds. The summed E-state index contributed by atoms with van der Waals surface area (Å²) < 4.78 is 5.10. The minimum Gasteiger partial charge on any atom is -0.481 e. The Labute approximate surface area is 101 Å². The van der Waals surface area contributed by atoms with Crippen LogP contribution < -0.4 is 10.1 Å². The van der Waals surface area contributed by atoms with Crippen molar-refractivity contribution in [3.05, 3.63) is 36.7 Å². The van der Waals surface area contributed by atoms with Gasteiger partial charge in [-0.15, -0.1) is 0 Å². The van der Waals surface area contributed by atoms with Gasteiger partial charge >= 0.3 is 0 Å². The van der Waals surface area contributed by atoms with Crippen LogP contribution in [0, 0.1) is 0 Å². The highest BCUT2D eigenvalue weighted by molar-refractivity contribution is 5.75. The number of nitrogens with one attached hydrogen (secondary N) is 1. The average Bonchev–Trinajstić information content (AvgIpc) is 2.40. The van der Waals surface area contributed by atoms with Crippen molar-refractivity contribution in [2.24, 2.45) is 0 Å². The molecule has 0 saturated carbocycles. The van der Waals surface area contributed by atoms with Gasteiger partial charge in [-0.2, -0.15) is 0 Å². The van der Waals surface area contributed by atoms with Crippen molar-refractivity contribution >= 4 is 5.69 Å². The Morgan fingerprint density at radius 3 is 2.82 bits per heavy atom. The molecule has 1 aromatic carbocycles. The summed E-state index contributed by atoms with van der Waals surface area (Å²) in [6.45, 7) is 2.94. The van der Waals surface area contributed by atoms with E-state index in [9.17, 15) is 0 Å². The summed E-state index contributed by atoms with van der Waals surface area (Å²) in [4.78, 5) is 8.27. The van der Waals surface area contributed by atoms with Gasteiger partial charge in [0.15, 0.2) is 0 Å². The fourth-order valence-electron chi connectivity index (χ4n) is 1.65. The average molecular weight is 229 g/mol. The minimum atomic E-state index is 0.571. The van der Waals surface area contributed by atoms with Crippen LogP contribution >= 0.6 is 0 Å². The molecule has 0 atom stereocenters. The number of benzene rings is 1. The largest absolute Gasteiger partial charge is 0.481 e. The SMILES string of the molecule is CCNc1ccccc1-c1cc(OC)ncn1. The number of hydrogen-bond acceptors (Lipinski definition) is 4. The molecule has 0 saturated heterocycles. The van der Waals surface area contributed by atoms with Crippen LogP contribution in [0.15, 0.2) is 36.7 Å². The highest BCUT2D eigenvalue weighted by Gasteiger charge is 2.06. The molecule has 0 bridgehead atoms. The van der Waals surface area contributed by atoms with Crippen molar-refractivity contribution in [2.45, 2.75) is 6.92 Å². The maximum absolute atomic E-state index is 5.10. The molecule has 0 aliphatic carbocycles. The quantitative estimate of drug-likeness (QED) is 0.875. The minimum absolute atomic E-state index is 0.571. The molecule has 0 unspecified atom stereocenters. The summed E-state index contributed by atoms with van der Waals surface area (Å²) >= 11 is 0. The molecule has 0 spiro atoms. The summed E-state index contributed by atoms with van der Waals surface area (Å²) in [7, 11) is 1.60. The van der Waals surface area contributed by atoms with E-state index < -0.39 is 0 Å². The number of anilines is 1. The van der Waals surface area contributed by atoms with Crippen LogP contribution in [0.5, 0.6) is 5.88 Å². The molecule has 1 aromatic heterocycles. The van der Waals surface area contributed by atoms with E-state index in [0.717, 1.165) is 23.5 Å². The second-order valence-electron chi connectivity index (χ2n) is 3.52. The zero-order chi connectivity index (χ0) is 12.1. The van der Waals surface area contributed by atoms with E-state index in [2.05, 4.69) is 22.2 Å². The fourth-order valence-corrected chi connectivity index (χ4v) is 1.65. The molecule has 2 rings (SSSR count). The van der Waals surface area contributed by atoms with Crippen molar-refractivity contribution in [1.82, 2.24) is 9.97 Å². The highest BCUT2D eigenvalue weighted by atomic mass is 16.5. The van der Waals surface area contributed by atoms with Gasteiger partial charge < -0.3 is 10.1 Å². The van der Waals surface area contributed by atoms with Gasteiger partial charge in [-0.3, -0.25) is 0 Å². The number of methoxy groups -OCH3 is 1. The third-order valence-electron chi connectivity index (χ3n) is 2.42. The first-order valence-corrected chi connectivity index (χ1v) is 5.54. The molecule has 0 radical (unpaired) electrons. The lowest BCUT2D eigenvalue weighted by Gasteiger charge is -2.10. The van der Waals surface area contributed by atoms with Crippen LogP contribution in [-0.2, 0) is 0 Å². The molecule has 0 fully saturated rings. The molecule has 88 valence electrons. The lowest BCUT2D eigenvalue weighted by Crippen LogP contribution is -1.99. The van der Waals surface area contributed by atoms with E-state index in [0.29, 0.717) is 5.88 Å². The van der Waals surface area contributed by atoms with Crippen LogP contribution in [0.1, 0.15) is 6.92 Å². The number of para-hydroxylation sites is 1. The first kappa shape index (κ1) is 11.4. The summed E-state index contributed by atoms with van der Waals surface area (Å²) in [6, 6.07) is 9.88. The van der Waals surface area contributed by atoms with Gasteiger partial charge in [0.25, 0.3) is 0 Å².